The molecule has 0 aliphatic carbocycles. The van der Waals surface area contributed by atoms with Crippen molar-refractivity contribution >= 4 is 17.7 Å². The predicted octanol–water partition coefficient (Wildman–Crippen LogP) is 0.855. The highest BCUT2D eigenvalue weighted by molar-refractivity contribution is 7.99. The first kappa shape index (κ1) is 11.9. The highest BCUT2D eigenvalue weighted by atomic mass is 32.2. The van der Waals surface area contributed by atoms with E-state index in [0.29, 0.717) is 6.54 Å². The van der Waals surface area contributed by atoms with Crippen LogP contribution in [0.1, 0.15) is 19.8 Å². The van der Waals surface area contributed by atoms with Crippen LogP contribution in [0.15, 0.2) is 0 Å². The quantitative estimate of drug-likeness (QED) is 0.716. The molecule has 0 bridgehead atoms. The molecule has 0 atom stereocenters. The minimum Gasteiger partial charge on any atom is -0.355 e. The lowest BCUT2D eigenvalue weighted by Crippen LogP contribution is -2.36. The largest absolute Gasteiger partial charge is 0.355 e. The van der Waals surface area contributed by atoms with Crippen LogP contribution in [-0.4, -0.2) is 37.0 Å². The Kier molecular flexibility index (Phi) is 6.03. The van der Waals surface area contributed by atoms with Gasteiger partial charge in [0.25, 0.3) is 0 Å². The number of carbonyl (C=O) groups excluding carboxylic acids is 1. The minimum absolute atomic E-state index is 0.109. The number of nitrogens with one attached hydrogen (secondary N) is 2. The summed E-state index contributed by atoms with van der Waals surface area (Å²) in [5, 5.41) is 6.00. The number of rotatable bonds is 5. The van der Waals surface area contributed by atoms with E-state index >= 15 is 0 Å². The minimum atomic E-state index is 0.109. The second-order valence-electron chi connectivity index (χ2n) is 3.64. The van der Waals surface area contributed by atoms with Crippen LogP contribution in [0.4, 0.5) is 0 Å². The second kappa shape index (κ2) is 7.12. The maximum atomic E-state index is 11.1. The summed E-state index contributed by atoms with van der Waals surface area (Å²) in [5.74, 6) is 3.46. The van der Waals surface area contributed by atoms with E-state index in [9.17, 15) is 4.79 Å². The average molecular weight is 216 g/mol. The van der Waals surface area contributed by atoms with Gasteiger partial charge in [0.05, 0.1) is 6.54 Å². The van der Waals surface area contributed by atoms with Crippen molar-refractivity contribution in [3.8, 4) is 0 Å². The van der Waals surface area contributed by atoms with Crippen LogP contribution >= 0.6 is 11.8 Å². The Morgan fingerprint density at radius 3 is 2.79 bits per heavy atom. The monoisotopic (exact) mass is 216 g/mol. The lowest BCUT2D eigenvalue weighted by Gasteiger charge is -2.21. The highest BCUT2D eigenvalue weighted by Gasteiger charge is 2.13. The third-order valence-corrected chi connectivity index (χ3v) is 3.48. The molecule has 14 heavy (non-hydrogen) atoms. The SMILES string of the molecule is CCNC(=O)CNCC1CCSCC1. The molecule has 0 aromatic rings. The number of hydrogen-bond donors (Lipinski definition) is 2. The van der Waals surface area contributed by atoms with Gasteiger partial charge in [0.15, 0.2) is 0 Å². The summed E-state index contributed by atoms with van der Waals surface area (Å²) >= 11 is 2.04. The molecule has 1 rings (SSSR count). The zero-order chi connectivity index (χ0) is 10.2. The molecule has 2 N–H and O–H groups in total. The van der Waals surface area contributed by atoms with Gasteiger partial charge in [-0.3, -0.25) is 4.79 Å². The third kappa shape index (κ3) is 4.86. The van der Waals surface area contributed by atoms with Gasteiger partial charge in [-0.2, -0.15) is 11.8 Å². The number of likely N-dealkylation sites (N-methyl/N-ethyl adjacent to an activating group) is 1. The molecule has 1 aliphatic rings. The molecule has 0 saturated carbocycles. The number of thioether (sulfide) groups is 1. The van der Waals surface area contributed by atoms with Gasteiger partial charge in [-0.1, -0.05) is 0 Å². The molecule has 1 aliphatic heterocycles. The van der Waals surface area contributed by atoms with Gasteiger partial charge in [-0.25, -0.2) is 0 Å². The standard InChI is InChI=1S/C10H20N2OS/c1-2-12-10(13)8-11-7-9-3-5-14-6-4-9/h9,11H,2-8H2,1H3,(H,12,13). The lowest BCUT2D eigenvalue weighted by molar-refractivity contribution is -0.120. The zero-order valence-electron chi connectivity index (χ0n) is 8.84. The maximum Gasteiger partial charge on any atom is 0.233 e. The van der Waals surface area contributed by atoms with E-state index in [0.717, 1.165) is 19.0 Å². The van der Waals surface area contributed by atoms with Crippen molar-refractivity contribution in [2.75, 3.05) is 31.1 Å². The van der Waals surface area contributed by atoms with Crippen molar-refractivity contribution in [1.29, 1.82) is 0 Å². The lowest BCUT2D eigenvalue weighted by atomic mass is 10.0. The van der Waals surface area contributed by atoms with E-state index in [-0.39, 0.29) is 5.91 Å². The molecule has 4 heteroatoms. The number of hydrogen-bond acceptors (Lipinski definition) is 3. The van der Waals surface area contributed by atoms with E-state index in [1.165, 1.54) is 24.3 Å². The fourth-order valence-electron chi connectivity index (χ4n) is 1.60. The van der Waals surface area contributed by atoms with Crippen molar-refractivity contribution < 1.29 is 4.79 Å². The van der Waals surface area contributed by atoms with Crippen molar-refractivity contribution in [2.45, 2.75) is 19.8 Å². The summed E-state index contributed by atoms with van der Waals surface area (Å²) in [4.78, 5) is 11.1. The van der Waals surface area contributed by atoms with Crippen LogP contribution < -0.4 is 10.6 Å². The van der Waals surface area contributed by atoms with Crippen LogP contribution in [0, 0.1) is 5.92 Å². The molecule has 0 aromatic heterocycles. The smallest absolute Gasteiger partial charge is 0.233 e. The van der Waals surface area contributed by atoms with Crippen LogP contribution in [0.5, 0.6) is 0 Å². The molecule has 1 amide bonds. The van der Waals surface area contributed by atoms with Crippen molar-refractivity contribution in [3.05, 3.63) is 0 Å². The van der Waals surface area contributed by atoms with E-state index < -0.39 is 0 Å². The molecule has 0 aromatic carbocycles. The fourth-order valence-corrected chi connectivity index (χ4v) is 2.80. The Bertz CT molecular complexity index is 170. The topological polar surface area (TPSA) is 41.1 Å². The molecule has 0 unspecified atom stereocenters. The van der Waals surface area contributed by atoms with Crippen molar-refractivity contribution in [3.63, 3.8) is 0 Å². The van der Waals surface area contributed by atoms with Gasteiger partial charge in [0.2, 0.25) is 5.91 Å². The Labute approximate surface area is 90.4 Å². The van der Waals surface area contributed by atoms with Gasteiger partial charge in [-0.05, 0) is 43.7 Å². The summed E-state index contributed by atoms with van der Waals surface area (Å²) in [7, 11) is 0. The number of carbonyl (C=O) groups is 1. The Morgan fingerprint density at radius 2 is 2.14 bits per heavy atom. The summed E-state index contributed by atoms with van der Waals surface area (Å²) in [6.07, 6.45) is 2.60. The Morgan fingerprint density at radius 1 is 1.43 bits per heavy atom. The van der Waals surface area contributed by atoms with Gasteiger partial charge in [0, 0.05) is 6.54 Å². The molecule has 1 fully saturated rings. The highest BCUT2D eigenvalue weighted by Crippen LogP contribution is 2.21. The van der Waals surface area contributed by atoms with Crippen LogP contribution in [-0.2, 0) is 4.79 Å². The zero-order valence-corrected chi connectivity index (χ0v) is 9.66. The molecule has 1 heterocycles. The summed E-state index contributed by atoms with van der Waals surface area (Å²) in [6.45, 7) is 4.13. The number of amides is 1. The van der Waals surface area contributed by atoms with Gasteiger partial charge in [0.1, 0.15) is 0 Å². The summed E-state index contributed by atoms with van der Waals surface area (Å²) in [6, 6.07) is 0. The normalized spacial score (nSPS) is 18.1. The van der Waals surface area contributed by atoms with Crippen LogP contribution in [0.25, 0.3) is 0 Å². The summed E-state index contributed by atoms with van der Waals surface area (Å²) in [5.41, 5.74) is 0. The molecule has 0 radical (unpaired) electrons. The molecule has 0 spiro atoms. The van der Waals surface area contributed by atoms with Crippen LogP contribution in [0.2, 0.25) is 0 Å². The van der Waals surface area contributed by atoms with Gasteiger partial charge in [-0.15, -0.1) is 0 Å². The fraction of sp³-hybridized carbons (Fsp3) is 0.900. The van der Waals surface area contributed by atoms with Gasteiger partial charge < -0.3 is 10.6 Å². The van der Waals surface area contributed by atoms with Crippen molar-refractivity contribution in [1.82, 2.24) is 10.6 Å². The first-order chi connectivity index (χ1) is 6.83. The first-order valence-electron chi connectivity index (χ1n) is 5.38. The maximum absolute atomic E-state index is 11.1. The molecule has 3 nitrogen and oxygen atoms in total. The summed E-state index contributed by atoms with van der Waals surface area (Å²) < 4.78 is 0. The van der Waals surface area contributed by atoms with E-state index in [2.05, 4.69) is 10.6 Å². The first-order valence-corrected chi connectivity index (χ1v) is 6.53. The van der Waals surface area contributed by atoms with E-state index in [1.54, 1.807) is 0 Å². The van der Waals surface area contributed by atoms with Gasteiger partial charge >= 0.3 is 0 Å². The van der Waals surface area contributed by atoms with Crippen LogP contribution in [0.3, 0.4) is 0 Å². The second-order valence-corrected chi connectivity index (χ2v) is 4.86. The third-order valence-electron chi connectivity index (χ3n) is 2.43. The molecule has 82 valence electrons. The predicted molar refractivity (Wildman–Crippen MR) is 61.6 cm³/mol. The molecule has 1 saturated heterocycles. The average Bonchev–Trinajstić information content (AvgIpc) is 2.20. The van der Waals surface area contributed by atoms with E-state index in [1.807, 2.05) is 18.7 Å². The Hall–Kier alpha value is -0.220. The molecular formula is C10H20N2OS. The van der Waals surface area contributed by atoms with Crippen molar-refractivity contribution in [2.24, 2.45) is 5.92 Å². The Balaban J connectivity index is 1.99. The van der Waals surface area contributed by atoms with E-state index in [4.69, 9.17) is 0 Å². The molecular weight excluding hydrogens is 196 g/mol.